The summed E-state index contributed by atoms with van der Waals surface area (Å²) in [4.78, 5) is 30.1. The van der Waals surface area contributed by atoms with Crippen LogP contribution in [0.4, 0.5) is 5.69 Å². The molecule has 5 nitrogen and oxygen atoms in total. The number of hydrogen-bond acceptors (Lipinski definition) is 5. The van der Waals surface area contributed by atoms with Crippen molar-refractivity contribution in [2.75, 3.05) is 0 Å². The number of benzene rings is 1. The van der Waals surface area contributed by atoms with Crippen molar-refractivity contribution in [3.8, 4) is 0 Å². The summed E-state index contributed by atoms with van der Waals surface area (Å²) < 4.78 is 0. The lowest BCUT2D eigenvalue weighted by atomic mass is 9.94. The number of carboxylic acids is 1. The molecule has 1 aromatic carbocycles. The third-order valence-electron chi connectivity index (χ3n) is 4.52. The van der Waals surface area contributed by atoms with Gasteiger partial charge in [0.05, 0.1) is 10.9 Å². The van der Waals surface area contributed by atoms with Gasteiger partial charge in [0.15, 0.2) is 5.17 Å². The summed E-state index contributed by atoms with van der Waals surface area (Å²) in [5.41, 5.74) is 1.93. The van der Waals surface area contributed by atoms with Crippen molar-refractivity contribution in [1.29, 1.82) is 0 Å². The van der Waals surface area contributed by atoms with Crippen LogP contribution in [0.5, 0.6) is 0 Å². The number of aliphatic imine (C=N–C) groups is 1. The monoisotopic (exact) mass is 345 g/mol. The lowest BCUT2D eigenvalue weighted by molar-refractivity contribution is -0.305. The molecule has 0 bridgehead atoms. The van der Waals surface area contributed by atoms with Gasteiger partial charge in [-0.3, -0.25) is 9.69 Å². The van der Waals surface area contributed by atoms with Gasteiger partial charge < -0.3 is 9.90 Å². The topological polar surface area (TPSA) is 72.8 Å². The van der Waals surface area contributed by atoms with Crippen molar-refractivity contribution < 1.29 is 14.7 Å². The van der Waals surface area contributed by atoms with E-state index in [9.17, 15) is 14.7 Å². The van der Waals surface area contributed by atoms with Gasteiger partial charge in [0.25, 0.3) is 0 Å². The van der Waals surface area contributed by atoms with Gasteiger partial charge in [0.2, 0.25) is 5.91 Å². The SMILES string of the molecule is Cc1ccc(N=C2S[C@H](CC(=O)[O-])C(=O)N2C2CCCCC2)cc1. The Bertz CT molecular complexity index is 651. The second-order valence-electron chi connectivity index (χ2n) is 6.41. The standard InChI is InChI=1S/C18H22N2O3S/c1-12-7-9-13(10-8-12)19-18-20(14-5-3-2-4-6-14)17(23)15(24-18)11-16(21)22/h7-10,14-15H,2-6,11H2,1H3,(H,21,22)/p-1/t15-/m1/s1. The Labute approximate surface area is 146 Å². The molecule has 6 heteroatoms. The summed E-state index contributed by atoms with van der Waals surface area (Å²) in [7, 11) is 0. The highest BCUT2D eigenvalue weighted by molar-refractivity contribution is 8.15. The lowest BCUT2D eigenvalue weighted by Crippen LogP contribution is -2.42. The third kappa shape index (κ3) is 3.80. The van der Waals surface area contributed by atoms with E-state index >= 15 is 0 Å². The van der Waals surface area contributed by atoms with Gasteiger partial charge in [-0.25, -0.2) is 4.99 Å². The van der Waals surface area contributed by atoms with Gasteiger partial charge in [-0.05, 0) is 31.9 Å². The molecule has 0 spiro atoms. The number of hydrogen-bond donors (Lipinski definition) is 0. The molecule has 2 fully saturated rings. The minimum atomic E-state index is -1.19. The normalized spacial score (nSPS) is 23.9. The van der Waals surface area contributed by atoms with Gasteiger partial charge in [-0.15, -0.1) is 0 Å². The third-order valence-corrected chi connectivity index (χ3v) is 5.67. The zero-order valence-corrected chi connectivity index (χ0v) is 14.6. The number of rotatable bonds is 4. The predicted molar refractivity (Wildman–Crippen MR) is 93.0 cm³/mol. The van der Waals surface area contributed by atoms with Crippen LogP contribution in [0.25, 0.3) is 0 Å². The van der Waals surface area contributed by atoms with E-state index in [1.165, 1.54) is 18.2 Å². The molecule has 3 rings (SSSR count). The summed E-state index contributed by atoms with van der Waals surface area (Å²) in [6.07, 6.45) is 5.04. The Morgan fingerprint density at radius 1 is 1.25 bits per heavy atom. The largest absolute Gasteiger partial charge is 0.550 e. The van der Waals surface area contributed by atoms with Crippen LogP contribution in [-0.4, -0.2) is 33.2 Å². The Hall–Kier alpha value is -1.82. The molecular formula is C18H21N2O3S-. The van der Waals surface area contributed by atoms with Gasteiger partial charge >= 0.3 is 0 Å². The molecule has 0 N–H and O–H groups in total. The number of thioether (sulfide) groups is 1. The van der Waals surface area contributed by atoms with Crippen LogP contribution in [0, 0.1) is 6.92 Å². The molecule has 1 aliphatic heterocycles. The van der Waals surface area contributed by atoms with Crippen LogP contribution in [-0.2, 0) is 9.59 Å². The van der Waals surface area contributed by atoms with Crippen LogP contribution in [0.15, 0.2) is 29.3 Å². The molecule has 24 heavy (non-hydrogen) atoms. The fourth-order valence-corrected chi connectivity index (χ4v) is 4.45. The van der Waals surface area contributed by atoms with E-state index in [2.05, 4.69) is 4.99 Å². The van der Waals surface area contributed by atoms with E-state index in [0.29, 0.717) is 5.17 Å². The van der Waals surface area contributed by atoms with E-state index in [1.807, 2.05) is 31.2 Å². The molecule has 1 saturated heterocycles. The average molecular weight is 345 g/mol. The number of amidine groups is 1. The van der Waals surface area contributed by atoms with Crippen LogP contribution in [0.3, 0.4) is 0 Å². The van der Waals surface area contributed by atoms with E-state index in [-0.39, 0.29) is 18.4 Å². The molecule has 1 aliphatic carbocycles. The lowest BCUT2D eigenvalue weighted by Gasteiger charge is -2.30. The quantitative estimate of drug-likeness (QED) is 0.840. The first-order chi connectivity index (χ1) is 11.5. The number of nitrogens with zero attached hydrogens (tertiary/aromatic N) is 2. The number of aliphatic carboxylic acids is 1. The fourth-order valence-electron chi connectivity index (χ4n) is 3.25. The van der Waals surface area contributed by atoms with Crippen molar-refractivity contribution in [1.82, 2.24) is 4.90 Å². The summed E-state index contributed by atoms with van der Waals surface area (Å²) in [5.74, 6) is -1.33. The summed E-state index contributed by atoms with van der Waals surface area (Å²) >= 11 is 1.25. The fraction of sp³-hybridized carbons (Fsp3) is 0.500. The number of carbonyl (C=O) groups is 2. The molecule has 1 heterocycles. The highest BCUT2D eigenvalue weighted by atomic mass is 32.2. The Balaban J connectivity index is 1.89. The number of amides is 1. The first-order valence-corrected chi connectivity index (χ1v) is 9.27. The second-order valence-corrected chi connectivity index (χ2v) is 7.58. The summed E-state index contributed by atoms with van der Waals surface area (Å²) in [5, 5.41) is 11.0. The van der Waals surface area contributed by atoms with E-state index in [1.54, 1.807) is 4.90 Å². The van der Waals surface area contributed by atoms with Crippen molar-refractivity contribution >= 4 is 34.5 Å². The minimum absolute atomic E-state index is 0.134. The Kier molecular flexibility index (Phi) is 5.23. The molecule has 128 valence electrons. The van der Waals surface area contributed by atoms with Crippen LogP contribution in [0.2, 0.25) is 0 Å². The molecule has 0 aromatic heterocycles. The molecule has 0 unspecified atom stereocenters. The zero-order valence-electron chi connectivity index (χ0n) is 13.7. The molecule has 1 atom stereocenters. The molecule has 1 saturated carbocycles. The van der Waals surface area contributed by atoms with Crippen molar-refractivity contribution in [2.24, 2.45) is 4.99 Å². The van der Waals surface area contributed by atoms with Gasteiger partial charge in [0.1, 0.15) is 0 Å². The number of carbonyl (C=O) groups excluding carboxylic acids is 2. The van der Waals surface area contributed by atoms with Crippen molar-refractivity contribution in [3.05, 3.63) is 29.8 Å². The molecule has 1 aromatic rings. The maximum atomic E-state index is 12.7. The second kappa shape index (κ2) is 7.38. The highest BCUT2D eigenvalue weighted by Crippen LogP contribution is 2.36. The van der Waals surface area contributed by atoms with Crippen molar-refractivity contribution in [2.45, 2.75) is 56.7 Å². The van der Waals surface area contributed by atoms with Crippen LogP contribution < -0.4 is 5.11 Å². The maximum absolute atomic E-state index is 12.7. The smallest absolute Gasteiger partial charge is 0.242 e. The van der Waals surface area contributed by atoms with Gasteiger partial charge in [0, 0.05) is 18.4 Å². The zero-order chi connectivity index (χ0) is 17.1. The molecular weight excluding hydrogens is 324 g/mol. The number of aryl methyl sites for hydroxylation is 1. The molecule has 1 amide bonds. The van der Waals surface area contributed by atoms with Crippen molar-refractivity contribution in [3.63, 3.8) is 0 Å². The van der Waals surface area contributed by atoms with Crippen LogP contribution in [0.1, 0.15) is 44.1 Å². The molecule has 0 radical (unpaired) electrons. The minimum Gasteiger partial charge on any atom is -0.550 e. The maximum Gasteiger partial charge on any atom is 0.242 e. The number of carboxylic acid groups (broad SMARTS) is 1. The molecule has 2 aliphatic rings. The highest BCUT2D eigenvalue weighted by Gasteiger charge is 2.41. The van der Waals surface area contributed by atoms with Gasteiger partial charge in [-0.2, -0.15) is 0 Å². The van der Waals surface area contributed by atoms with E-state index in [0.717, 1.165) is 36.9 Å². The first kappa shape index (κ1) is 17.0. The average Bonchev–Trinajstić information content (AvgIpc) is 2.85. The summed E-state index contributed by atoms with van der Waals surface area (Å²) in [6, 6.07) is 7.92. The van der Waals surface area contributed by atoms with E-state index in [4.69, 9.17) is 0 Å². The van der Waals surface area contributed by atoms with Crippen LogP contribution >= 0.6 is 11.8 Å². The Morgan fingerprint density at radius 3 is 2.54 bits per heavy atom. The Morgan fingerprint density at radius 2 is 1.92 bits per heavy atom. The first-order valence-electron chi connectivity index (χ1n) is 8.39. The van der Waals surface area contributed by atoms with Gasteiger partial charge in [-0.1, -0.05) is 48.7 Å². The van der Waals surface area contributed by atoms with E-state index < -0.39 is 11.2 Å². The predicted octanol–water partition coefficient (Wildman–Crippen LogP) is 2.40. The summed E-state index contributed by atoms with van der Waals surface area (Å²) in [6.45, 7) is 2.01.